The monoisotopic (exact) mass is 320 g/mol. The highest BCUT2D eigenvalue weighted by Gasteiger charge is 2.24. The molecule has 0 aliphatic carbocycles. The molecule has 1 aromatic carbocycles. The summed E-state index contributed by atoms with van der Waals surface area (Å²) in [5.41, 5.74) is 8.58. The van der Waals surface area contributed by atoms with Crippen molar-refractivity contribution in [2.24, 2.45) is 5.73 Å². The lowest BCUT2D eigenvalue weighted by molar-refractivity contribution is 0.145. The van der Waals surface area contributed by atoms with E-state index >= 15 is 0 Å². The molecule has 2 rings (SSSR count). The van der Waals surface area contributed by atoms with Gasteiger partial charge < -0.3 is 10.8 Å². The predicted molar refractivity (Wildman–Crippen MR) is 79.9 cm³/mol. The van der Waals surface area contributed by atoms with Crippen LogP contribution in [0.3, 0.4) is 0 Å². The highest BCUT2D eigenvalue weighted by Crippen LogP contribution is 2.33. The molecule has 3 N–H and O–H groups in total. The van der Waals surface area contributed by atoms with Crippen LogP contribution in [0.1, 0.15) is 28.8 Å². The first-order chi connectivity index (χ1) is 9.13. The number of aliphatic hydroxyl groups excluding tert-OH is 1. The number of rotatable bonds is 4. The molecule has 0 saturated heterocycles. The molecule has 4 heteroatoms. The van der Waals surface area contributed by atoms with E-state index in [1.807, 2.05) is 43.3 Å². The second kappa shape index (κ2) is 6.28. The lowest BCUT2D eigenvalue weighted by atomic mass is 9.92. The van der Waals surface area contributed by atoms with Crippen LogP contribution in [0.2, 0.25) is 0 Å². The molecule has 0 amide bonds. The number of pyridine rings is 1. The molecular formula is C15H17BrN2O. The van der Waals surface area contributed by atoms with E-state index in [0.29, 0.717) is 6.54 Å². The first-order valence-corrected chi connectivity index (χ1v) is 6.98. The number of aromatic nitrogens is 1. The number of benzene rings is 1. The number of nitrogens with zero attached hydrogens (tertiary/aromatic N) is 1. The Morgan fingerprint density at radius 2 is 2.11 bits per heavy atom. The van der Waals surface area contributed by atoms with Crippen molar-refractivity contribution in [1.29, 1.82) is 0 Å². The zero-order valence-electron chi connectivity index (χ0n) is 10.8. The summed E-state index contributed by atoms with van der Waals surface area (Å²) in [6, 6.07) is 11.6. The summed E-state index contributed by atoms with van der Waals surface area (Å²) in [6.45, 7) is 2.35. The predicted octanol–water partition coefficient (Wildman–Crippen LogP) is 2.93. The van der Waals surface area contributed by atoms with Gasteiger partial charge in [0.1, 0.15) is 0 Å². The summed E-state index contributed by atoms with van der Waals surface area (Å²) in [6.07, 6.45) is 1.05. The van der Waals surface area contributed by atoms with E-state index in [-0.39, 0.29) is 5.92 Å². The topological polar surface area (TPSA) is 59.1 Å². The van der Waals surface area contributed by atoms with Crippen LogP contribution in [0.4, 0.5) is 0 Å². The SMILES string of the molecule is Cc1ccc(Br)c(C(O)C(CN)c2ccccn2)c1. The van der Waals surface area contributed by atoms with E-state index in [2.05, 4.69) is 20.9 Å². The fourth-order valence-electron chi connectivity index (χ4n) is 2.11. The van der Waals surface area contributed by atoms with Gasteiger partial charge in [-0.05, 0) is 30.7 Å². The van der Waals surface area contributed by atoms with Crippen LogP contribution in [0, 0.1) is 6.92 Å². The van der Waals surface area contributed by atoms with E-state index in [9.17, 15) is 5.11 Å². The molecule has 0 bridgehead atoms. The third-order valence-electron chi connectivity index (χ3n) is 3.17. The number of hydrogen-bond donors (Lipinski definition) is 2. The third-order valence-corrected chi connectivity index (χ3v) is 3.90. The van der Waals surface area contributed by atoms with Crippen molar-refractivity contribution >= 4 is 15.9 Å². The number of halogens is 1. The van der Waals surface area contributed by atoms with Gasteiger partial charge >= 0.3 is 0 Å². The van der Waals surface area contributed by atoms with E-state index in [1.165, 1.54) is 0 Å². The minimum absolute atomic E-state index is 0.209. The average molecular weight is 321 g/mol. The van der Waals surface area contributed by atoms with Gasteiger partial charge in [0.25, 0.3) is 0 Å². The summed E-state index contributed by atoms with van der Waals surface area (Å²) in [5.74, 6) is -0.209. The van der Waals surface area contributed by atoms with Gasteiger partial charge in [0.15, 0.2) is 0 Å². The summed E-state index contributed by atoms with van der Waals surface area (Å²) in [5, 5.41) is 10.6. The molecule has 19 heavy (non-hydrogen) atoms. The maximum atomic E-state index is 10.6. The molecule has 0 saturated carbocycles. The number of aliphatic hydroxyl groups is 1. The summed E-state index contributed by atoms with van der Waals surface area (Å²) < 4.78 is 0.889. The molecule has 0 radical (unpaired) electrons. The van der Waals surface area contributed by atoms with E-state index in [0.717, 1.165) is 21.3 Å². The van der Waals surface area contributed by atoms with Crippen LogP contribution in [0.15, 0.2) is 47.1 Å². The van der Waals surface area contributed by atoms with E-state index in [1.54, 1.807) is 6.20 Å². The van der Waals surface area contributed by atoms with E-state index in [4.69, 9.17) is 5.73 Å². The quantitative estimate of drug-likeness (QED) is 0.910. The van der Waals surface area contributed by atoms with Crippen molar-refractivity contribution in [3.8, 4) is 0 Å². The van der Waals surface area contributed by atoms with Gasteiger partial charge in [0.05, 0.1) is 6.10 Å². The molecule has 3 nitrogen and oxygen atoms in total. The van der Waals surface area contributed by atoms with Crippen LogP contribution < -0.4 is 5.73 Å². The van der Waals surface area contributed by atoms with Crippen LogP contribution in [0.25, 0.3) is 0 Å². The Bertz CT molecular complexity index is 545. The Morgan fingerprint density at radius 1 is 1.32 bits per heavy atom. The minimum atomic E-state index is -0.672. The zero-order valence-corrected chi connectivity index (χ0v) is 12.3. The normalized spacial score (nSPS) is 14.1. The second-order valence-corrected chi connectivity index (χ2v) is 5.42. The van der Waals surface area contributed by atoms with Crippen molar-refractivity contribution in [3.05, 3.63) is 63.9 Å². The molecule has 2 atom stereocenters. The third kappa shape index (κ3) is 3.21. The number of nitrogens with two attached hydrogens (primary N) is 1. The Balaban J connectivity index is 2.36. The lowest BCUT2D eigenvalue weighted by Gasteiger charge is -2.22. The average Bonchev–Trinajstić information content (AvgIpc) is 2.43. The Hall–Kier alpha value is -1.23. The molecule has 0 aliphatic rings. The first kappa shape index (κ1) is 14.2. The van der Waals surface area contributed by atoms with Crippen molar-refractivity contribution in [2.45, 2.75) is 18.9 Å². The molecule has 2 aromatic rings. The van der Waals surface area contributed by atoms with Gasteiger partial charge in [-0.2, -0.15) is 0 Å². The summed E-state index contributed by atoms with van der Waals surface area (Å²) in [7, 11) is 0. The van der Waals surface area contributed by atoms with Gasteiger partial charge in [-0.3, -0.25) is 4.98 Å². The van der Waals surface area contributed by atoms with Crippen molar-refractivity contribution < 1.29 is 5.11 Å². The Kier molecular flexibility index (Phi) is 4.69. The fourth-order valence-corrected chi connectivity index (χ4v) is 2.59. The fraction of sp³-hybridized carbons (Fsp3) is 0.267. The summed E-state index contributed by atoms with van der Waals surface area (Å²) in [4.78, 5) is 4.29. The Labute approximate surface area is 121 Å². The number of aryl methyl sites for hydroxylation is 1. The molecule has 1 aromatic heterocycles. The van der Waals surface area contributed by atoms with Gasteiger partial charge in [0.2, 0.25) is 0 Å². The van der Waals surface area contributed by atoms with Crippen LogP contribution in [0.5, 0.6) is 0 Å². The summed E-state index contributed by atoms with van der Waals surface area (Å²) >= 11 is 3.48. The molecule has 2 unspecified atom stereocenters. The van der Waals surface area contributed by atoms with Gasteiger partial charge in [-0.15, -0.1) is 0 Å². The molecule has 1 heterocycles. The van der Waals surface area contributed by atoms with Crippen LogP contribution in [-0.4, -0.2) is 16.6 Å². The van der Waals surface area contributed by atoms with Crippen LogP contribution >= 0.6 is 15.9 Å². The van der Waals surface area contributed by atoms with Crippen molar-refractivity contribution in [2.75, 3.05) is 6.54 Å². The Morgan fingerprint density at radius 3 is 2.74 bits per heavy atom. The standard InChI is InChI=1S/C15H17BrN2O/c1-10-5-6-13(16)11(8-10)15(19)12(9-17)14-4-2-3-7-18-14/h2-8,12,15,19H,9,17H2,1H3. The maximum absolute atomic E-state index is 10.6. The molecule has 100 valence electrons. The van der Waals surface area contributed by atoms with E-state index < -0.39 is 6.10 Å². The highest BCUT2D eigenvalue weighted by molar-refractivity contribution is 9.10. The minimum Gasteiger partial charge on any atom is -0.388 e. The largest absolute Gasteiger partial charge is 0.388 e. The lowest BCUT2D eigenvalue weighted by Crippen LogP contribution is -2.21. The van der Waals surface area contributed by atoms with Crippen molar-refractivity contribution in [1.82, 2.24) is 4.98 Å². The first-order valence-electron chi connectivity index (χ1n) is 6.18. The smallest absolute Gasteiger partial charge is 0.0896 e. The van der Waals surface area contributed by atoms with Crippen LogP contribution in [-0.2, 0) is 0 Å². The molecule has 0 fully saturated rings. The van der Waals surface area contributed by atoms with Gasteiger partial charge in [-0.1, -0.05) is 39.7 Å². The zero-order chi connectivity index (χ0) is 13.8. The molecule has 0 spiro atoms. The second-order valence-electron chi connectivity index (χ2n) is 4.57. The highest BCUT2D eigenvalue weighted by atomic mass is 79.9. The molecular weight excluding hydrogens is 304 g/mol. The molecule has 0 aliphatic heterocycles. The van der Waals surface area contributed by atoms with Gasteiger partial charge in [-0.25, -0.2) is 0 Å². The van der Waals surface area contributed by atoms with Gasteiger partial charge in [0, 0.05) is 28.8 Å². The van der Waals surface area contributed by atoms with Crippen molar-refractivity contribution in [3.63, 3.8) is 0 Å². The maximum Gasteiger partial charge on any atom is 0.0896 e. The number of hydrogen-bond acceptors (Lipinski definition) is 3.